The number of carbonyl (C=O) groups excluding carboxylic acids is 1. The Balaban J connectivity index is 2.74. The number of hydrogen-bond donors (Lipinski definition) is 2. The highest BCUT2D eigenvalue weighted by Gasteiger charge is 2.19. The van der Waals surface area contributed by atoms with Gasteiger partial charge in [-0.15, -0.1) is 0 Å². The van der Waals surface area contributed by atoms with E-state index in [2.05, 4.69) is 5.32 Å². The number of nitrogens with one attached hydrogen (secondary N) is 1. The van der Waals surface area contributed by atoms with E-state index >= 15 is 0 Å². The Morgan fingerprint density at radius 2 is 1.88 bits per heavy atom. The summed E-state index contributed by atoms with van der Waals surface area (Å²) in [7, 11) is 0. The van der Waals surface area contributed by atoms with Crippen LogP contribution in [0.1, 0.15) is 24.2 Å². The lowest BCUT2D eigenvalue weighted by Crippen LogP contribution is -2.46. The van der Waals surface area contributed by atoms with Gasteiger partial charge in [0.25, 0.3) is 5.91 Å². The minimum Gasteiger partial charge on any atom is -0.392 e. The summed E-state index contributed by atoms with van der Waals surface area (Å²) in [4.78, 5) is 12.2. The fourth-order valence-corrected chi connectivity index (χ4v) is 1.71. The van der Waals surface area contributed by atoms with Crippen LogP contribution in [0.2, 0.25) is 0 Å². The average Bonchev–Trinajstić information content (AvgIpc) is 2.25. The Hall–Kier alpha value is -1.42. The van der Waals surface area contributed by atoms with Gasteiger partial charge in [0, 0.05) is 5.56 Å². The van der Waals surface area contributed by atoms with Crippen molar-refractivity contribution in [3.05, 3.63) is 35.9 Å². The van der Waals surface area contributed by atoms with Crippen LogP contribution in [-0.4, -0.2) is 16.9 Å². The van der Waals surface area contributed by atoms with Crippen molar-refractivity contribution in [3.8, 4) is 0 Å². The van der Waals surface area contributed by atoms with Gasteiger partial charge < -0.3 is 11.1 Å². The Morgan fingerprint density at radius 3 is 2.31 bits per heavy atom. The third kappa shape index (κ3) is 3.31. The molecule has 1 amide bonds. The van der Waals surface area contributed by atoms with Crippen molar-refractivity contribution in [2.24, 2.45) is 11.7 Å². The van der Waals surface area contributed by atoms with Gasteiger partial charge in [-0.05, 0) is 18.1 Å². The summed E-state index contributed by atoms with van der Waals surface area (Å²) in [6.45, 7) is 3.93. The van der Waals surface area contributed by atoms with Crippen molar-refractivity contribution >= 4 is 23.1 Å². The minimum absolute atomic E-state index is 0.146. The van der Waals surface area contributed by atoms with Crippen LogP contribution >= 0.6 is 12.2 Å². The fraction of sp³-hybridized carbons (Fsp3) is 0.333. The smallest absolute Gasteiger partial charge is 0.251 e. The first-order valence-electron chi connectivity index (χ1n) is 5.17. The molecule has 0 saturated heterocycles. The molecule has 1 aromatic carbocycles. The van der Waals surface area contributed by atoms with E-state index in [9.17, 15) is 4.79 Å². The van der Waals surface area contributed by atoms with Crippen molar-refractivity contribution < 1.29 is 4.79 Å². The summed E-state index contributed by atoms with van der Waals surface area (Å²) in [6, 6.07) is 8.76. The maximum absolute atomic E-state index is 11.8. The van der Waals surface area contributed by atoms with E-state index in [4.69, 9.17) is 18.0 Å². The van der Waals surface area contributed by atoms with E-state index in [1.165, 1.54) is 0 Å². The second-order valence-corrected chi connectivity index (χ2v) is 4.43. The molecule has 0 unspecified atom stereocenters. The zero-order chi connectivity index (χ0) is 12.1. The molecule has 3 nitrogen and oxygen atoms in total. The topological polar surface area (TPSA) is 55.1 Å². The van der Waals surface area contributed by atoms with Gasteiger partial charge >= 0.3 is 0 Å². The summed E-state index contributed by atoms with van der Waals surface area (Å²) in [5.41, 5.74) is 6.20. The highest BCUT2D eigenvalue weighted by atomic mass is 32.1. The van der Waals surface area contributed by atoms with Gasteiger partial charge in [0.15, 0.2) is 0 Å². The highest BCUT2D eigenvalue weighted by Crippen LogP contribution is 2.05. The van der Waals surface area contributed by atoms with Crippen LogP contribution in [0.3, 0.4) is 0 Å². The molecule has 4 heteroatoms. The van der Waals surface area contributed by atoms with Crippen molar-refractivity contribution in [2.75, 3.05) is 0 Å². The molecule has 86 valence electrons. The Labute approximate surface area is 101 Å². The molecule has 3 N–H and O–H groups in total. The van der Waals surface area contributed by atoms with Gasteiger partial charge in [-0.25, -0.2) is 0 Å². The zero-order valence-electron chi connectivity index (χ0n) is 9.44. The normalized spacial score (nSPS) is 12.2. The molecule has 0 heterocycles. The van der Waals surface area contributed by atoms with Crippen LogP contribution in [0.25, 0.3) is 0 Å². The molecular formula is C12H16N2OS. The molecule has 0 aromatic heterocycles. The lowest BCUT2D eigenvalue weighted by atomic mass is 10.0. The van der Waals surface area contributed by atoms with Crippen molar-refractivity contribution in [2.45, 2.75) is 19.9 Å². The number of nitrogens with two attached hydrogens (primary N) is 1. The van der Waals surface area contributed by atoms with Crippen LogP contribution in [-0.2, 0) is 0 Å². The lowest BCUT2D eigenvalue weighted by molar-refractivity contribution is 0.0940. The molecule has 0 bridgehead atoms. The molecule has 1 aromatic rings. The van der Waals surface area contributed by atoms with Crippen LogP contribution in [0.4, 0.5) is 0 Å². The zero-order valence-corrected chi connectivity index (χ0v) is 10.3. The molecule has 0 aliphatic carbocycles. The highest BCUT2D eigenvalue weighted by molar-refractivity contribution is 7.80. The number of rotatable bonds is 4. The fourth-order valence-electron chi connectivity index (χ4n) is 1.38. The van der Waals surface area contributed by atoms with Crippen molar-refractivity contribution in [1.82, 2.24) is 5.32 Å². The standard InChI is InChI=1S/C12H16N2OS/c1-8(2)10(11(13)16)14-12(15)9-6-4-3-5-7-9/h3-8,10H,1-2H3,(H2,13,16)(H,14,15)/t10-/m0/s1. The lowest BCUT2D eigenvalue weighted by Gasteiger charge is -2.20. The minimum atomic E-state index is -0.261. The predicted molar refractivity (Wildman–Crippen MR) is 69.3 cm³/mol. The first-order valence-corrected chi connectivity index (χ1v) is 5.58. The van der Waals surface area contributed by atoms with E-state index in [0.717, 1.165) is 0 Å². The van der Waals surface area contributed by atoms with E-state index in [1.807, 2.05) is 32.0 Å². The van der Waals surface area contributed by atoms with Gasteiger partial charge in [-0.1, -0.05) is 44.3 Å². The maximum Gasteiger partial charge on any atom is 0.251 e. The molecule has 0 fully saturated rings. The summed E-state index contributed by atoms with van der Waals surface area (Å²) >= 11 is 4.92. The van der Waals surface area contributed by atoms with Crippen LogP contribution in [0.15, 0.2) is 30.3 Å². The molecular weight excluding hydrogens is 220 g/mol. The molecule has 0 radical (unpaired) electrons. The second kappa shape index (κ2) is 5.61. The Kier molecular flexibility index (Phi) is 4.43. The largest absolute Gasteiger partial charge is 0.392 e. The first-order chi connectivity index (χ1) is 7.52. The molecule has 0 aliphatic rings. The Bertz CT molecular complexity index is 376. The number of thiocarbonyl (C=S) groups is 1. The average molecular weight is 236 g/mol. The second-order valence-electron chi connectivity index (χ2n) is 3.96. The van der Waals surface area contributed by atoms with Gasteiger partial charge in [0.2, 0.25) is 0 Å². The van der Waals surface area contributed by atoms with E-state index in [1.54, 1.807) is 12.1 Å². The molecule has 1 atom stereocenters. The summed E-state index contributed by atoms with van der Waals surface area (Å²) < 4.78 is 0. The van der Waals surface area contributed by atoms with Crippen molar-refractivity contribution in [1.29, 1.82) is 0 Å². The number of carbonyl (C=O) groups is 1. The predicted octanol–water partition coefficient (Wildman–Crippen LogP) is 1.73. The van der Waals surface area contributed by atoms with Crippen LogP contribution < -0.4 is 11.1 Å². The third-order valence-corrected chi connectivity index (χ3v) is 2.55. The monoisotopic (exact) mass is 236 g/mol. The summed E-state index contributed by atoms with van der Waals surface area (Å²) in [5.74, 6) is 0.0391. The maximum atomic E-state index is 11.8. The molecule has 0 spiro atoms. The number of benzene rings is 1. The quantitative estimate of drug-likeness (QED) is 0.783. The van der Waals surface area contributed by atoms with Gasteiger partial charge in [-0.3, -0.25) is 4.79 Å². The first kappa shape index (κ1) is 12.6. The summed E-state index contributed by atoms with van der Waals surface area (Å²) in [5, 5.41) is 2.83. The Morgan fingerprint density at radius 1 is 1.31 bits per heavy atom. The van der Waals surface area contributed by atoms with Crippen molar-refractivity contribution in [3.63, 3.8) is 0 Å². The van der Waals surface area contributed by atoms with Gasteiger partial charge in [0.1, 0.15) is 0 Å². The van der Waals surface area contributed by atoms with E-state index < -0.39 is 0 Å². The van der Waals surface area contributed by atoms with Gasteiger partial charge in [-0.2, -0.15) is 0 Å². The van der Waals surface area contributed by atoms with Gasteiger partial charge in [0.05, 0.1) is 11.0 Å². The van der Waals surface area contributed by atoms with E-state index in [-0.39, 0.29) is 17.9 Å². The van der Waals surface area contributed by atoms with Crippen LogP contribution in [0.5, 0.6) is 0 Å². The number of amides is 1. The molecule has 0 aliphatic heterocycles. The van der Waals surface area contributed by atoms with Crippen LogP contribution in [0, 0.1) is 5.92 Å². The summed E-state index contributed by atoms with van der Waals surface area (Å²) in [6.07, 6.45) is 0. The third-order valence-electron chi connectivity index (χ3n) is 2.30. The molecule has 1 rings (SSSR count). The molecule has 16 heavy (non-hydrogen) atoms. The SMILES string of the molecule is CC(C)[C@H](NC(=O)c1ccccc1)C(N)=S. The number of hydrogen-bond acceptors (Lipinski definition) is 2. The van der Waals surface area contributed by atoms with E-state index in [0.29, 0.717) is 10.6 Å². The molecule has 0 saturated carbocycles.